The Labute approximate surface area is 175 Å². The Morgan fingerprint density at radius 3 is 2.63 bits per heavy atom. The van der Waals surface area contributed by atoms with E-state index in [-0.39, 0.29) is 15.6 Å². The molecule has 0 unspecified atom stereocenters. The van der Waals surface area contributed by atoms with E-state index in [0.717, 1.165) is 22.3 Å². The van der Waals surface area contributed by atoms with E-state index < -0.39 is 27.1 Å². The summed E-state index contributed by atoms with van der Waals surface area (Å²) in [5.41, 5.74) is 1.45. The van der Waals surface area contributed by atoms with E-state index in [1.165, 1.54) is 12.1 Å². The van der Waals surface area contributed by atoms with Crippen LogP contribution in [0.2, 0.25) is 0 Å². The van der Waals surface area contributed by atoms with Gasteiger partial charge in [0.2, 0.25) is 5.91 Å². The number of nitrogens with zero attached hydrogens (tertiary/aromatic N) is 1. The monoisotopic (exact) mass is 440 g/mol. The quantitative estimate of drug-likeness (QED) is 0.475. The molecular weight excluding hydrogens is 424 g/mol. The van der Waals surface area contributed by atoms with Crippen LogP contribution in [-0.4, -0.2) is 25.1 Å². The van der Waals surface area contributed by atoms with Crippen molar-refractivity contribution in [1.29, 1.82) is 0 Å². The molecule has 0 aliphatic carbocycles. The Hall–Kier alpha value is -3.30. The van der Waals surface area contributed by atoms with Crippen molar-refractivity contribution < 1.29 is 17.6 Å². The first-order valence-corrected chi connectivity index (χ1v) is 11.4. The topological polar surface area (TPSA) is 106 Å². The number of hydrogen-bond acceptors (Lipinski definition) is 7. The average Bonchev–Trinajstić information content (AvgIpc) is 3.15. The minimum absolute atomic E-state index is 0.0804. The zero-order chi connectivity index (χ0) is 21.3. The lowest BCUT2D eigenvalue weighted by Crippen LogP contribution is -2.23. The van der Waals surface area contributed by atoms with Gasteiger partial charge in [-0.2, -0.15) is 0 Å². The molecule has 0 saturated heterocycles. The van der Waals surface area contributed by atoms with Gasteiger partial charge in [0.15, 0.2) is 15.0 Å². The minimum Gasteiger partial charge on any atom is -0.422 e. The van der Waals surface area contributed by atoms with Gasteiger partial charge < -0.3 is 9.73 Å². The first kappa shape index (κ1) is 20.0. The van der Waals surface area contributed by atoms with Crippen LogP contribution in [-0.2, 0) is 14.6 Å². The van der Waals surface area contributed by atoms with Crippen LogP contribution in [0.4, 0.5) is 5.13 Å². The lowest BCUT2D eigenvalue weighted by molar-refractivity contribution is -0.113. The molecule has 0 aliphatic heterocycles. The van der Waals surface area contributed by atoms with Crippen LogP contribution >= 0.6 is 11.3 Å². The van der Waals surface area contributed by atoms with Crippen LogP contribution in [0.5, 0.6) is 0 Å². The van der Waals surface area contributed by atoms with E-state index in [1.807, 2.05) is 19.1 Å². The summed E-state index contributed by atoms with van der Waals surface area (Å²) in [6.07, 6.45) is 0. The van der Waals surface area contributed by atoms with E-state index in [1.54, 1.807) is 35.7 Å². The van der Waals surface area contributed by atoms with E-state index >= 15 is 0 Å². The minimum atomic E-state index is -3.77. The number of sulfone groups is 1. The highest BCUT2D eigenvalue weighted by Gasteiger charge is 2.20. The number of hydrogen-bond donors (Lipinski definition) is 1. The molecule has 0 spiro atoms. The third-order valence-electron chi connectivity index (χ3n) is 4.37. The Bertz CT molecular complexity index is 1400. The number of fused-ring (bicyclic) bond motifs is 1. The molecule has 2 aromatic heterocycles. The third-order valence-corrected chi connectivity index (χ3v) is 6.76. The summed E-state index contributed by atoms with van der Waals surface area (Å²) in [6.45, 7) is 1.85. The molecule has 1 N–H and O–H groups in total. The standard InChI is InChI=1S/C21H16N2O5S2/c1-13-6-8-15(9-7-13)30(26,27)12-19(24)23-21-22-17(11-29-21)16-10-14-4-2-3-5-18(14)28-20(16)25/h2-11H,12H2,1H3,(H,22,23,24). The molecule has 1 amide bonds. The van der Waals surface area contributed by atoms with Gasteiger partial charge in [-0.05, 0) is 31.2 Å². The van der Waals surface area contributed by atoms with Crippen molar-refractivity contribution in [2.75, 3.05) is 11.1 Å². The highest BCUT2D eigenvalue weighted by Crippen LogP contribution is 2.25. The fourth-order valence-electron chi connectivity index (χ4n) is 2.85. The SMILES string of the molecule is Cc1ccc(S(=O)(=O)CC(=O)Nc2nc(-c3cc4ccccc4oc3=O)cs2)cc1. The number of nitrogens with one attached hydrogen (secondary N) is 1. The summed E-state index contributed by atoms with van der Waals surface area (Å²) in [5, 5.41) is 5.03. The second kappa shape index (κ2) is 7.85. The zero-order valence-electron chi connectivity index (χ0n) is 15.8. The van der Waals surface area contributed by atoms with Gasteiger partial charge in [-0.15, -0.1) is 11.3 Å². The molecule has 0 fully saturated rings. The van der Waals surface area contributed by atoms with Crippen molar-refractivity contribution in [3.8, 4) is 11.3 Å². The first-order valence-electron chi connectivity index (χ1n) is 8.90. The largest absolute Gasteiger partial charge is 0.422 e. The molecule has 0 aliphatic rings. The van der Waals surface area contributed by atoms with Gasteiger partial charge in [0.25, 0.3) is 0 Å². The van der Waals surface area contributed by atoms with Crippen molar-refractivity contribution in [2.24, 2.45) is 0 Å². The molecule has 4 rings (SSSR count). The predicted octanol–water partition coefficient (Wildman–Crippen LogP) is 3.64. The number of amides is 1. The van der Waals surface area contributed by atoms with Gasteiger partial charge in [-0.1, -0.05) is 35.9 Å². The van der Waals surface area contributed by atoms with E-state index in [9.17, 15) is 18.0 Å². The van der Waals surface area contributed by atoms with Crippen molar-refractivity contribution in [1.82, 2.24) is 4.98 Å². The molecule has 2 aromatic carbocycles. The summed E-state index contributed by atoms with van der Waals surface area (Å²) in [6, 6.07) is 15.1. The lowest BCUT2D eigenvalue weighted by Gasteiger charge is -2.05. The van der Waals surface area contributed by atoms with Crippen LogP contribution in [0.25, 0.3) is 22.2 Å². The van der Waals surface area contributed by atoms with E-state index in [0.29, 0.717) is 11.3 Å². The fourth-order valence-corrected chi connectivity index (χ4v) is 4.71. The number of anilines is 1. The highest BCUT2D eigenvalue weighted by atomic mass is 32.2. The Balaban J connectivity index is 1.52. The van der Waals surface area contributed by atoms with Crippen LogP contribution < -0.4 is 10.9 Å². The number of aryl methyl sites for hydroxylation is 1. The Kier molecular flexibility index (Phi) is 5.23. The highest BCUT2D eigenvalue weighted by molar-refractivity contribution is 7.92. The number of thiazole rings is 1. The van der Waals surface area contributed by atoms with E-state index in [2.05, 4.69) is 10.3 Å². The molecule has 152 valence electrons. The predicted molar refractivity (Wildman–Crippen MR) is 115 cm³/mol. The molecule has 7 nitrogen and oxygen atoms in total. The molecule has 4 aromatic rings. The summed E-state index contributed by atoms with van der Waals surface area (Å²) >= 11 is 1.09. The van der Waals surface area contributed by atoms with Crippen molar-refractivity contribution in [3.05, 3.63) is 76.0 Å². The van der Waals surface area contributed by atoms with Gasteiger partial charge in [0, 0.05) is 10.8 Å². The molecule has 0 atom stereocenters. The van der Waals surface area contributed by atoms with Gasteiger partial charge in [-0.3, -0.25) is 4.79 Å². The molecule has 9 heteroatoms. The summed E-state index contributed by atoms with van der Waals surface area (Å²) in [4.78, 5) is 28.8. The second-order valence-corrected chi connectivity index (χ2v) is 9.49. The van der Waals surface area contributed by atoms with Crippen molar-refractivity contribution in [3.63, 3.8) is 0 Å². The maximum atomic E-state index is 12.4. The number of carbonyl (C=O) groups excluding carboxylic acids is 1. The van der Waals surface area contributed by atoms with Crippen molar-refractivity contribution >= 4 is 43.2 Å². The first-order chi connectivity index (χ1) is 14.3. The maximum Gasteiger partial charge on any atom is 0.345 e. The van der Waals surface area contributed by atoms with Crippen LogP contribution in [0.1, 0.15) is 5.56 Å². The average molecular weight is 441 g/mol. The number of aromatic nitrogens is 1. The molecular formula is C21H16N2O5S2. The van der Waals surface area contributed by atoms with Crippen LogP contribution in [0.15, 0.2) is 74.1 Å². The Morgan fingerprint density at radius 1 is 1.13 bits per heavy atom. The normalized spacial score (nSPS) is 11.5. The maximum absolute atomic E-state index is 12.4. The van der Waals surface area contributed by atoms with Gasteiger partial charge in [0.1, 0.15) is 11.3 Å². The van der Waals surface area contributed by atoms with Crippen LogP contribution in [0, 0.1) is 6.92 Å². The lowest BCUT2D eigenvalue weighted by atomic mass is 10.1. The summed E-state index contributed by atoms with van der Waals surface area (Å²) < 4.78 is 30.1. The summed E-state index contributed by atoms with van der Waals surface area (Å²) in [7, 11) is -3.77. The summed E-state index contributed by atoms with van der Waals surface area (Å²) in [5.74, 6) is -1.41. The Morgan fingerprint density at radius 2 is 1.87 bits per heavy atom. The fraction of sp³-hybridized carbons (Fsp3) is 0.0952. The molecule has 30 heavy (non-hydrogen) atoms. The number of carbonyl (C=O) groups is 1. The van der Waals surface area contributed by atoms with Gasteiger partial charge in [0.05, 0.1) is 16.2 Å². The number of benzene rings is 2. The molecule has 2 heterocycles. The molecule has 0 bridgehead atoms. The molecule has 0 radical (unpaired) electrons. The zero-order valence-corrected chi connectivity index (χ0v) is 17.4. The second-order valence-electron chi connectivity index (χ2n) is 6.64. The molecule has 0 saturated carbocycles. The third kappa shape index (κ3) is 4.17. The number of rotatable bonds is 5. The van der Waals surface area contributed by atoms with E-state index in [4.69, 9.17) is 4.42 Å². The number of para-hydroxylation sites is 1. The smallest absolute Gasteiger partial charge is 0.345 e. The van der Waals surface area contributed by atoms with Crippen LogP contribution in [0.3, 0.4) is 0 Å². The van der Waals surface area contributed by atoms with Gasteiger partial charge in [-0.25, -0.2) is 18.2 Å². The van der Waals surface area contributed by atoms with Gasteiger partial charge >= 0.3 is 5.63 Å². The van der Waals surface area contributed by atoms with Crippen molar-refractivity contribution in [2.45, 2.75) is 11.8 Å².